The van der Waals surface area contributed by atoms with Crippen molar-refractivity contribution in [3.63, 3.8) is 0 Å². The molecule has 0 saturated heterocycles. The Morgan fingerprint density at radius 1 is 1.20 bits per heavy atom. The molecule has 0 saturated carbocycles. The van der Waals surface area contributed by atoms with Crippen molar-refractivity contribution >= 4 is 17.7 Å². The molecule has 0 heterocycles. The minimum atomic E-state index is -0.561. The second-order valence-electron chi connectivity index (χ2n) is 5.18. The Balaban J connectivity index is 2.58. The number of hydrogen-bond acceptors (Lipinski definition) is 4. The average Bonchev–Trinajstić information content (AvgIpc) is 2.34. The summed E-state index contributed by atoms with van der Waals surface area (Å²) in [4.78, 5) is 23.1. The van der Waals surface area contributed by atoms with Crippen LogP contribution in [0.3, 0.4) is 0 Å². The predicted molar refractivity (Wildman–Crippen MR) is 75.7 cm³/mol. The lowest BCUT2D eigenvalue weighted by Crippen LogP contribution is -2.27. The zero-order chi connectivity index (χ0) is 15.2. The number of rotatable bonds is 4. The smallest absolute Gasteiger partial charge is 0.412 e. The lowest BCUT2D eigenvalue weighted by atomic mass is 10.2. The zero-order valence-corrected chi connectivity index (χ0v) is 11.9. The van der Waals surface area contributed by atoms with E-state index in [-0.39, 0.29) is 19.1 Å². The highest BCUT2D eigenvalue weighted by atomic mass is 16.6. The topological polar surface area (TPSA) is 87.7 Å². The molecule has 1 aromatic carbocycles. The van der Waals surface area contributed by atoms with Crippen molar-refractivity contribution < 1.29 is 19.4 Å². The van der Waals surface area contributed by atoms with Crippen LogP contribution in [0.4, 0.5) is 10.5 Å². The van der Waals surface area contributed by atoms with Gasteiger partial charge in [0.15, 0.2) is 0 Å². The zero-order valence-electron chi connectivity index (χ0n) is 11.9. The van der Waals surface area contributed by atoms with Gasteiger partial charge in [-0.3, -0.25) is 10.1 Å². The number of benzene rings is 1. The normalized spacial score (nSPS) is 10.8. The summed E-state index contributed by atoms with van der Waals surface area (Å²) in [6.45, 7) is 5.43. The molecular weight excluding hydrogens is 260 g/mol. The van der Waals surface area contributed by atoms with Crippen molar-refractivity contribution in [2.24, 2.45) is 0 Å². The summed E-state index contributed by atoms with van der Waals surface area (Å²) >= 11 is 0. The van der Waals surface area contributed by atoms with Gasteiger partial charge < -0.3 is 15.2 Å². The molecule has 0 aliphatic rings. The quantitative estimate of drug-likeness (QED) is 0.784. The van der Waals surface area contributed by atoms with Gasteiger partial charge in [0.1, 0.15) is 5.60 Å². The number of carbonyl (C=O) groups is 2. The molecule has 0 aliphatic carbocycles. The molecule has 1 aromatic rings. The second kappa shape index (κ2) is 6.91. The van der Waals surface area contributed by atoms with Gasteiger partial charge in [0.2, 0.25) is 0 Å². The number of amides is 2. The number of aliphatic hydroxyl groups excluding tert-OH is 1. The van der Waals surface area contributed by atoms with E-state index in [2.05, 4.69) is 10.6 Å². The van der Waals surface area contributed by atoms with Gasteiger partial charge in [-0.25, -0.2) is 4.79 Å². The van der Waals surface area contributed by atoms with Crippen molar-refractivity contribution in [2.75, 3.05) is 18.5 Å². The number of aliphatic hydroxyl groups is 1. The van der Waals surface area contributed by atoms with Crippen LogP contribution < -0.4 is 10.6 Å². The van der Waals surface area contributed by atoms with E-state index in [0.29, 0.717) is 11.3 Å². The van der Waals surface area contributed by atoms with Crippen molar-refractivity contribution in [3.8, 4) is 0 Å². The van der Waals surface area contributed by atoms with Crippen LogP contribution in [0.15, 0.2) is 24.3 Å². The highest BCUT2D eigenvalue weighted by Gasteiger charge is 2.16. The summed E-state index contributed by atoms with van der Waals surface area (Å²) in [6.07, 6.45) is -0.546. The molecule has 0 aliphatic heterocycles. The summed E-state index contributed by atoms with van der Waals surface area (Å²) in [5, 5.41) is 13.7. The van der Waals surface area contributed by atoms with Crippen molar-refractivity contribution in [2.45, 2.75) is 26.4 Å². The van der Waals surface area contributed by atoms with E-state index in [0.717, 1.165) is 0 Å². The van der Waals surface area contributed by atoms with Crippen molar-refractivity contribution in [1.29, 1.82) is 0 Å². The minimum absolute atomic E-state index is 0.107. The van der Waals surface area contributed by atoms with E-state index in [9.17, 15) is 9.59 Å². The lowest BCUT2D eigenvalue weighted by Gasteiger charge is -2.19. The average molecular weight is 280 g/mol. The Labute approximate surface area is 118 Å². The number of ether oxygens (including phenoxy) is 1. The SMILES string of the molecule is CC(C)(C)OC(=O)Nc1ccc(C(=O)NCCO)cc1. The number of hydrogen-bond donors (Lipinski definition) is 3. The van der Waals surface area contributed by atoms with Gasteiger partial charge in [-0.1, -0.05) is 0 Å². The third kappa shape index (κ3) is 5.71. The molecule has 0 atom stereocenters. The number of carbonyl (C=O) groups excluding carboxylic acids is 2. The van der Waals surface area contributed by atoms with Crippen LogP contribution in [-0.4, -0.2) is 35.9 Å². The van der Waals surface area contributed by atoms with E-state index in [4.69, 9.17) is 9.84 Å². The Kier molecular flexibility index (Phi) is 5.52. The van der Waals surface area contributed by atoms with Gasteiger partial charge in [0, 0.05) is 17.8 Å². The molecule has 0 unspecified atom stereocenters. The fourth-order valence-electron chi connectivity index (χ4n) is 1.40. The molecule has 3 N–H and O–H groups in total. The maximum atomic E-state index is 11.6. The largest absolute Gasteiger partial charge is 0.444 e. The van der Waals surface area contributed by atoms with E-state index in [1.54, 1.807) is 45.0 Å². The van der Waals surface area contributed by atoms with Crippen LogP contribution in [0.2, 0.25) is 0 Å². The first-order chi connectivity index (χ1) is 9.31. The molecular formula is C14H20N2O4. The third-order valence-corrected chi connectivity index (χ3v) is 2.19. The second-order valence-corrected chi connectivity index (χ2v) is 5.18. The van der Waals surface area contributed by atoms with E-state index >= 15 is 0 Å². The number of anilines is 1. The minimum Gasteiger partial charge on any atom is -0.444 e. The molecule has 0 fully saturated rings. The summed E-state index contributed by atoms with van der Waals surface area (Å²) in [5.41, 5.74) is 0.430. The van der Waals surface area contributed by atoms with Crippen molar-refractivity contribution in [3.05, 3.63) is 29.8 Å². The molecule has 0 radical (unpaired) electrons. The highest BCUT2D eigenvalue weighted by Crippen LogP contribution is 2.12. The highest BCUT2D eigenvalue weighted by molar-refractivity contribution is 5.95. The lowest BCUT2D eigenvalue weighted by molar-refractivity contribution is 0.0636. The molecule has 2 amide bonds. The molecule has 1 rings (SSSR count). The third-order valence-electron chi connectivity index (χ3n) is 2.19. The molecule has 6 heteroatoms. The molecule has 6 nitrogen and oxygen atoms in total. The van der Waals surface area contributed by atoms with Gasteiger partial charge in [0.05, 0.1) is 6.61 Å². The van der Waals surface area contributed by atoms with E-state index in [1.807, 2.05) is 0 Å². The molecule has 20 heavy (non-hydrogen) atoms. The first-order valence-electron chi connectivity index (χ1n) is 6.31. The first-order valence-corrected chi connectivity index (χ1v) is 6.31. The fraction of sp³-hybridized carbons (Fsp3) is 0.429. The summed E-state index contributed by atoms with van der Waals surface area (Å²) < 4.78 is 5.12. The van der Waals surface area contributed by atoms with Crippen LogP contribution in [0, 0.1) is 0 Å². The van der Waals surface area contributed by atoms with Crippen LogP contribution in [0.5, 0.6) is 0 Å². The monoisotopic (exact) mass is 280 g/mol. The standard InChI is InChI=1S/C14H20N2O4/c1-14(2,3)20-13(19)16-11-6-4-10(5-7-11)12(18)15-8-9-17/h4-7,17H,8-9H2,1-3H3,(H,15,18)(H,16,19). The van der Waals surface area contributed by atoms with Crippen LogP contribution >= 0.6 is 0 Å². The molecule has 110 valence electrons. The Morgan fingerprint density at radius 2 is 1.80 bits per heavy atom. The van der Waals surface area contributed by atoms with Crippen molar-refractivity contribution in [1.82, 2.24) is 5.32 Å². The van der Waals surface area contributed by atoms with Crippen LogP contribution in [-0.2, 0) is 4.74 Å². The Bertz CT molecular complexity index is 463. The van der Waals surface area contributed by atoms with E-state index < -0.39 is 11.7 Å². The number of nitrogens with one attached hydrogen (secondary N) is 2. The van der Waals surface area contributed by atoms with Gasteiger partial charge in [-0.2, -0.15) is 0 Å². The summed E-state index contributed by atoms with van der Waals surface area (Å²) in [5.74, 6) is -0.275. The van der Waals surface area contributed by atoms with Gasteiger partial charge in [0.25, 0.3) is 5.91 Å². The molecule has 0 spiro atoms. The fourth-order valence-corrected chi connectivity index (χ4v) is 1.40. The Hall–Kier alpha value is -2.08. The maximum absolute atomic E-state index is 11.6. The van der Waals surface area contributed by atoms with Gasteiger partial charge in [-0.15, -0.1) is 0 Å². The molecule has 0 aromatic heterocycles. The van der Waals surface area contributed by atoms with Crippen LogP contribution in [0.25, 0.3) is 0 Å². The Morgan fingerprint density at radius 3 is 2.30 bits per heavy atom. The summed E-state index contributed by atoms with van der Waals surface area (Å²) in [6, 6.07) is 6.38. The van der Waals surface area contributed by atoms with E-state index in [1.165, 1.54) is 0 Å². The van der Waals surface area contributed by atoms with Gasteiger partial charge >= 0.3 is 6.09 Å². The van der Waals surface area contributed by atoms with Gasteiger partial charge in [-0.05, 0) is 45.0 Å². The predicted octanol–water partition coefficient (Wildman–Crippen LogP) is 1.76. The summed E-state index contributed by atoms with van der Waals surface area (Å²) in [7, 11) is 0. The first kappa shape index (κ1) is 16.0. The van der Waals surface area contributed by atoms with Crippen LogP contribution in [0.1, 0.15) is 31.1 Å². The maximum Gasteiger partial charge on any atom is 0.412 e. The molecule has 0 bridgehead atoms.